The molecule has 0 spiro atoms. The highest BCUT2D eigenvalue weighted by Gasteiger charge is 2.48. The molecule has 3 atom stereocenters. The molecular weight excluding hydrogens is 296 g/mol. The van der Waals surface area contributed by atoms with E-state index in [0.29, 0.717) is 11.7 Å². The number of carbonyl (C=O) groups excluding carboxylic acids is 2. The molecule has 2 aliphatic rings. The first kappa shape index (κ1) is 15.9. The van der Waals surface area contributed by atoms with E-state index < -0.39 is 30.1 Å². The summed E-state index contributed by atoms with van der Waals surface area (Å²) in [6, 6.07) is -2.14. The molecule has 1 aliphatic heterocycles. The van der Waals surface area contributed by atoms with Gasteiger partial charge in [-0.25, -0.2) is 14.4 Å². The molecule has 1 aliphatic carbocycles. The van der Waals surface area contributed by atoms with Gasteiger partial charge in [-0.15, -0.1) is 11.8 Å². The second-order valence-electron chi connectivity index (χ2n) is 5.25. The van der Waals surface area contributed by atoms with E-state index in [1.165, 1.54) is 23.6 Å². The third kappa shape index (κ3) is 3.61. The van der Waals surface area contributed by atoms with Gasteiger partial charge in [0.15, 0.2) is 0 Å². The van der Waals surface area contributed by atoms with Crippen LogP contribution in [0.25, 0.3) is 0 Å². The average molecular weight is 316 g/mol. The van der Waals surface area contributed by atoms with Crippen molar-refractivity contribution < 1.29 is 24.2 Å². The van der Waals surface area contributed by atoms with E-state index in [0.717, 1.165) is 12.8 Å². The fraction of sp³-hybridized carbons (Fsp3) is 0.769. The van der Waals surface area contributed by atoms with E-state index in [4.69, 9.17) is 4.74 Å². The molecule has 2 amide bonds. The van der Waals surface area contributed by atoms with Gasteiger partial charge in [-0.05, 0) is 32.6 Å². The van der Waals surface area contributed by atoms with E-state index in [-0.39, 0.29) is 12.0 Å². The third-order valence-electron chi connectivity index (χ3n) is 3.56. The van der Waals surface area contributed by atoms with Crippen molar-refractivity contribution in [3.63, 3.8) is 0 Å². The summed E-state index contributed by atoms with van der Waals surface area (Å²) in [6.07, 6.45) is 2.03. The molecule has 2 rings (SSSR count). The number of nitrogens with one attached hydrogen (secondary N) is 1. The van der Waals surface area contributed by atoms with Gasteiger partial charge in [0.25, 0.3) is 0 Å². The van der Waals surface area contributed by atoms with Crippen molar-refractivity contribution in [3.8, 4) is 0 Å². The van der Waals surface area contributed by atoms with Crippen molar-refractivity contribution in [2.24, 2.45) is 5.92 Å². The molecule has 2 fully saturated rings. The molecule has 0 bridgehead atoms. The van der Waals surface area contributed by atoms with Gasteiger partial charge in [0.2, 0.25) is 0 Å². The standard InChI is InChI=1S/C13H20N2O5S/c1-3-20-12(18)7(2)14-13(19)15-9(11(16)17)6-21-10(15)8-4-5-8/h7-10H,3-6H2,1-2H3,(H,14,19)(H,16,17). The van der Waals surface area contributed by atoms with Crippen LogP contribution in [-0.4, -0.2) is 57.8 Å². The molecule has 1 saturated carbocycles. The molecule has 0 aromatic carbocycles. The van der Waals surface area contributed by atoms with E-state index in [1.807, 2.05) is 0 Å². The van der Waals surface area contributed by atoms with Crippen LogP contribution in [0.4, 0.5) is 4.79 Å². The maximum atomic E-state index is 12.4. The zero-order valence-electron chi connectivity index (χ0n) is 12.1. The maximum Gasteiger partial charge on any atom is 0.328 e. The molecule has 0 aromatic rings. The number of carboxylic acid groups (broad SMARTS) is 1. The first-order valence-corrected chi connectivity index (χ1v) is 8.10. The molecule has 21 heavy (non-hydrogen) atoms. The normalized spacial score (nSPS) is 26.3. The second-order valence-corrected chi connectivity index (χ2v) is 6.40. The highest BCUT2D eigenvalue weighted by atomic mass is 32.2. The summed E-state index contributed by atoms with van der Waals surface area (Å²) in [6.45, 7) is 3.45. The number of rotatable bonds is 5. The van der Waals surface area contributed by atoms with Crippen LogP contribution in [0.2, 0.25) is 0 Å². The first-order valence-electron chi connectivity index (χ1n) is 7.05. The SMILES string of the molecule is CCOC(=O)C(C)NC(=O)N1C(C(=O)O)CSC1C1CC1. The molecular formula is C13H20N2O5S. The van der Waals surface area contributed by atoms with Crippen molar-refractivity contribution in [2.75, 3.05) is 12.4 Å². The largest absolute Gasteiger partial charge is 0.480 e. The van der Waals surface area contributed by atoms with Gasteiger partial charge < -0.3 is 15.2 Å². The lowest BCUT2D eigenvalue weighted by molar-refractivity contribution is -0.144. The Morgan fingerprint density at radius 1 is 1.43 bits per heavy atom. The Bertz CT molecular complexity index is 440. The van der Waals surface area contributed by atoms with Gasteiger partial charge >= 0.3 is 18.0 Å². The zero-order chi connectivity index (χ0) is 15.6. The number of amides is 2. The number of carbonyl (C=O) groups is 3. The maximum absolute atomic E-state index is 12.4. The molecule has 2 N–H and O–H groups in total. The van der Waals surface area contributed by atoms with Gasteiger partial charge in [0, 0.05) is 5.75 Å². The molecule has 1 heterocycles. The topological polar surface area (TPSA) is 95.9 Å². The minimum atomic E-state index is -1.01. The fourth-order valence-electron chi connectivity index (χ4n) is 2.31. The zero-order valence-corrected chi connectivity index (χ0v) is 12.9. The number of hydrogen-bond donors (Lipinski definition) is 2. The van der Waals surface area contributed by atoms with Crippen LogP contribution in [0.3, 0.4) is 0 Å². The number of esters is 1. The smallest absolute Gasteiger partial charge is 0.328 e. The minimum absolute atomic E-state index is 0.111. The van der Waals surface area contributed by atoms with Gasteiger partial charge in [0.05, 0.1) is 12.0 Å². The number of hydrogen-bond acceptors (Lipinski definition) is 5. The van der Waals surface area contributed by atoms with Crippen molar-refractivity contribution >= 4 is 29.7 Å². The van der Waals surface area contributed by atoms with Crippen molar-refractivity contribution in [1.29, 1.82) is 0 Å². The van der Waals surface area contributed by atoms with Crippen LogP contribution in [0, 0.1) is 5.92 Å². The number of carboxylic acids is 1. The summed E-state index contributed by atoms with van der Waals surface area (Å²) in [5.74, 6) is -0.780. The van der Waals surface area contributed by atoms with Gasteiger partial charge in [-0.1, -0.05) is 0 Å². The van der Waals surface area contributed by atoms with Gasteiger partial charge in [-0.2, -0.15) is 0 Å². The molecule has 118 valence electrons. The van der Waals surface area contributed by atoms with Crippen LogP contribution >= 0.6 is 11.8 Å². The van der Waals surface area contributed by atoms with Crippen LogP contribution in [-0.2, 0) is 14.3 Å². The predicted molar refractivity (Wildman–Crippen MR) is 76.9 cm³/mol. The van der Waals surface area contributed by atoms with Gasteiger partial charge in [0.1, 0.15) is 12.1 Å². The fourth-order valence-corrected chi connectivity index (χ4v) is 3.94. The monoisotopic (exact) mass is 316 g/mol. The number of nitrogens with zero attached hydrogens (tertiary/aromatic N) is 1. The number of thioether (sulfide) groups is 1. The van der Waals surface area contributed by atoms with E-state index in [9.17, 15) is 19.5 Å². The predicted octanol–water partition coefficient (Wildman–Crippen LogP) is 0.886. The molecule has 3 unspecified atom stereocenters. The molecule has 1 saturated heterocycles. The highest BCUT2D eigenvalue weighted by molar-refractivity contribution is 8.00. The minimum Gasteiger partial charge on any atom is -0.480 e. The van der Waals surface area contributed by atoms with Crippen LogP contribution < -0.4 is 5.32 Å². The summed E-state index contributed by atoms with van der Waals surface area (Å²) in [4.78, 5) is 36.6. The van der Waals surface area contributed by atoms with E-state index in [1.54, 1.807) is 6.92 Å². The van der Waals surface area contributed by atoms with E-state index >= 15 is 0 Å². The van der Waals surface area contributed by atoms with Crippen molar-refractivity contribution in [1.82, 2.24) is 10.2 Å². The Labute approximate surface area is 127 Å². The second kappa shape index (κ2) is 6.55. The quantitative estimate of drug-likeness (QED) is 0.731. The van der Waals surface area contributed by atoms with Crippen molar-refractivity contribution in [2.45, 2.75) is 44.1 Å². The Kier molecular flexibility index (Phi) is 4.97. The Hall–Kier alpha value is -1.44. The lowest BCUT2D eigenvalue weighted by atomic mass is 10.2. The number of aliphatic carboxylic acids is 1. The van der Waals surface area contributed by atoms with Crippen LogP contribution in [0.15, 0.2) is 0 Å². The summed E-state index contributed by atoms with van der Waals surface area (Å²) in [7, 11) is 0. The first-order chi connectivity index (χ1) is 9.95. The molecule has 7 nitrogen and oxygen atoms in total. The van der Waals surface area contributed by atoms with Crippen LogP contribution in [0.1, 0.15) is 26.7 Å². The highest BCUT2D eigenvalue weighted by Crippen LogP contribution is 2.45. The van der Waals surface area contributed by atoms with Crippen LogP contribution in [0.5, 0.6) is 0 Å². The lowest BCUT2D eigenvalue weighted by Crippen LogP contribution is -2.54. The van der Waals surface area contributed by atoms with E-state index in [2.05, 4.69) is 5.32 Å². The molecule has 8 heteroatoms. The Morgan fingerprint density at radius 3 is 2.62 bits per heavy atom. The number of urea groups is 1. The summed E-state index contributed by atoms with van der Waals surface area (Å²) >= 11 is 1.50. The summed E-state index contributed by atoms with van der Waals surface area (Å²) in [5.41, 5.74) is 0. The summed E-state index contributed by atoms with van der Waals surface area (Å²) in [5, 5.41) is 11.7. The van der Waals surface area contributed by atoms with Crippen molar-refractivity contribution in [3.05, 3.63) is 0 Å². The average Bonchev–Trinajstić information content (AvgIpc) is 3.16. The summed E-state index contributed by atoms with van der Waals surface area (Å²) < 4.78 is 4.83. The molecule has 0 aromatic heterocycles. The lowest BCUT2D eigenvalue weighted by Gasteiger charge is -2.28. The Balaban J connectivity index is 2.03. The third-order valence-corrected chi connectivity index (χ3v) is 5.02. The van der Waals surface area contributed by atoms with Gasteiger partial charge in [-0.3, -0.25) is 4.90 Å². The number of ether oxygens (including phenoxy) is 1. The Morgan fingerprint density at radius 2 is 2.10 bits per heavy atom. The molecule has 0 radical (unpaired) electrons.